The lowest BCUT2D eigenvalue weighted by Gasteiger charge is -2.35. The van der Waals surface area contributed by atoms with Crippen molar-refractivity contribution < 1.29 is 9.53 Å². The van der Waals surface area contributed by atoms with Crippen molar-refractivity contribution in [2.75, 3.05) is 6.54 Å². The summed E-state index contributed by atoms with van der Waals surface area (Å²) in [5.41, 5.74) is 6.25. The number of aromatic nitrogens is 1. The summed E-state index contributed by atoms with van der Waals surface area (Å²) in [5.74, 6) is 0.0723. The van der Waals surface area contributed by atoms with Gasteiger partial charge in [0.2, 0.25) is 0 Å². The van der Waals surface area contributed by atoms with Crippen molar-refractivity contribution in [2.45, 2.75) is 44.2 Å². The van der Waals surface area contributed by atoms with Gasteiger partial charge in [-0.05, 0) is 59.7 Å². The van der Waals surface area contributed by atoms with Crippen LogP contribution in [-0.2, 0) is 9.53 Å². The highest BCUT2D eigenvalue weighted by atomic mass is 16.5. The Labute approximate surface area is 206 Å². The van der Waals surface area contributed by atoms with E-state index in [-0.39, 0.29) is 18.1 Å². The standard InChI is InChI=1S/C31H30N2O2/c1-2-20-15-16-28(33-19-20)30(26-17-18-32-27-14-8-7-11-23(26)27)35-31(34)29-24-12-5-3-9-21(24)22-10-4-6-13-25(22)29/h3-14,17-18,20,28-30,33H,2,15-16,19H2,1H3/t20-,28-,30+/m1/s1. The third kappa shape index (κ3) is 3.92. The summed E-state index contributed by atoms with van der Waals surface area (Å²) in [6.45, 7) is 3.20. The molecule has 0 bridgehead atoms. The molecule has 2 heterocycles. The highest BCUT2D eigenvalue weighted by Gasteiger charge is 2.38. The molecule has 6 rings (SSSR count). The van der Waals surface area contributed by atoms with Gasteiger partial charge in [-0.1, -0.05) is 80.1 Å². The van der Waals surface area contributed by atoms with Gasteiger partial charge in [0.25, 0.3) is 0 Å². The number of hydrogen-bond acceptors (Lipinski definition) is 4. The third-order valence-electron chi connectivity index (χ3n) is 7.80. The van der Waals surface area contributed by atoms with E-state index in [0.29, 0.717) is 5.92 Å². The lowest BCUT2D eigenvalue weighted by molar-refractivity contribution is -0.152. The fourth-order valence-electron chi connectivity index (χ4n) is 5.88. The van der Waals surface area contributed by atoms with E-state index in [2.05, 4.69) is 47.6 Å². The Kier molecular flexibility index (Phi) is 5.83. The minimum Gasteiger partial charge on any atom is -0.455 e. The van der Waals surface area contributed by atoms with Gasteiger partial charge < -0.3 is 10.1 Å². The number of rotatable bonds is 5. The maximum atomic E-state index is 14.0. The largest absolute Gasteiger partial charge is 0.455 e. The maximum Gasteiger partial charge on any atom is 0.318 e. The number of nitrogens with one attached hydrogen (secondary N) is 1. The van der Waals surface area contributed by atoms with Crippen LogP contribution in [0.5, 0.6) is 0 Å². The van der Waals surface area contributed by atoms with E-state index in [1.807, 2.05) is 54.7 Å². The number of carbonyl (C=O) groups is 1. The summed E-state index contributed by atoms with van der Waals surface area (Å²) in [5, 5.41) is 4.76. The van der Waals surface area contributed by atoms with E-state index in [1.165, 1.54) is 0 Å². The first-order chi connectivity index (χ1) is 17.2. The molecule has 1 aromatic heterocycles. The molecule has 1 saturated heterocycles. The van der Waals surface area contributed by atoms with Gasteiger partial charge in [-0.25, -0.2) is 0 Å². The molecule has 0 unspecified atom stereocenters. The van der Waals surface area contributed by atoms with Crippen molar-refractivity contribution in [1.29, 1.82) is 0 Å². The number of ether oxygens (including phenoxy) is 1. The van der Waals surface area contributed by atoms with Gasteiger partial charge >= 0.3 is 5.97 Å². The predicted octanol–water partition coefficient (Wildman–Crippen LogP) is 6.41. The number of pyridine rings is 1. The average molecular weight is 463 g/mol. The molecule has 0 radical (unpaired) electrons. The molecule has 0 saturated carbocycles. The van der Waals surface area contributed by atoms with Crippen LogP contribution in [-0.4, -0.2) is 23.5 Å². The van der Waals surface area contributed by atoms with E-state index >= 15 is 0 Å². The Balaban J connectivity index is 1.39. The molecular formula is C31H30N2O2. The first-order valence-electron chi connectivity index (χ1n) is 12.7. The summed E-state index contributed by atoms with van der Waals surface area (Å²) in [6, 6.07) is 26.6. The fraction of sp³-hybridized carbons (Fsp3) is 0.290. The molecule has 3 aromatic carbocycles. The molecule has 1 fully saturated rings. The van der Waals surface area contributed by atoms with E-state index in [0.717, 1.165) is 64.5 Å². The molecule has 0 amide bonds. The highest BCUT2D eigenvalue weighted by Crippen LogP contribution is 2.46. The van der Waals surface area contributed by atoms with Gasteiger partial charge in [0.1, 0.15) is 12.0 Å². The molecule has 3 atom stereocenters. The number of piperidine rings is 1. The summed E-state index contributed by atoms with van der Waals surface area (Å²) in [7, 11) is 0. The van der Waals surface area contributed by atoms with Crippen LogP contribution in [0.2, 0.25) is 0 Å². The van der Waals surface area contributed by atoms with Crippen LogP contribution in [0.1, 0.15) is 54.9 Å². The zero-order valence-corrected chi connectivity index (χ0v) is 20.0. The van der Waals surface area contributed by atoms with Crippen LogP contribution in [0.3, 0.4) is 0 Å². The van der Waals surface area contributed by atoms with Crippen molar-refractivity contribution in [2.24, 2.45) is 5.92 Å². The Morgan fingerprint density at radius 3 is 2.31 bits per heavy atom. The summed E-state index contributed by atoms with van der Waals surface area (Å²) in [6.07, 6.45) is 4.73. The third-order valence-corrected chi connectivity index (χ3v) is 7.80. The minimum atomic E-state index is -0.412. The summed E-state index contributed by atoms with van der Waals surface area (Å²) >= 11 is 0. The van der Waals surface area contributed by atoms with Crippen LogP contribution in [0.4, 0.5) is 0 Å². The highest BCUT2D eigenvalue weighted by molar-refractivity contribution is 5.94. The molecule has 1 N–H and O–H groups in total. The number of nitrogens with zero attached hydrogens (tertiary/aromatic N) is 1. The predicted molar refractivity (Wildman–Crippen MR) is 139 cm³/mol. The molecule has 4 aromatic rings. The van der Waals surface area contributed by atoms with Crippen molar-refractivity contribution in [3.05, 3.63) is 102 Å². The number of fused-ring (bicyclic) bond motifs is 4. The normalized spacial score (nSPS) is 20.3. The van der Waals surface area contributed by atoms with Crippen molar-refractivity contribution in [3.8, 4) is 11.1 Å². The van der Waals surface area contributed by atoms with E-state index in [1.54, 1.807) is 0 Å². The number of benzene rings is 3. The van der Waals surface area contributed by atoms with Gasteiger partial charge in [0, 0.05) is 23.2 Å². The molecule has 0 spiro atoms. The molecule has 1 aliphatic carbocycles. The SMILES string of the molecule is CC[C@@H]1CC[C@H]([C@@H](OC(=O)C2c3ccccc3-c3ccccc32)c2ccnc3ccccc23)NC1. The number of esters is 1. The fourth-order valence-corrected chi connectivity index (χ4v) is 5.88. The van der Waals surface area contributed by atoms with Crippen LogP contribution < -0.4 is 5.32 Å². The number of para-hydroxylation sites is 1. The Bertz CT molecular complexity index is 1320. The van der Waals surface area contributed by atoms with Crippen molar-refractivity contribution in [3.63, 3.8) is 0 Å². The van der Waals surface area contributed by atoms with Gasteiger partial charge in [-0.3, -0.25) is 9.78 Å². The minimum absolute atomic E-state index is 0.0689. The smallest absolute Gasteiger partial charge is 0.318 e. The number of carbonyl (C=O) groups excluding carboxylic acids is 1. The molecule has 1 aliphatic heterocycles. The van der Waals surface area contributed by atoms with Crippen LogP contribution in [0, 0.1) is 5.92 Å². The molecule has 35 heavy (non-hydrogen) atoms. The second-order valence-corrected chi connectivity index (χ2v) is 9.75. The molecule has 4 heteroatoms. The zero-order chi connectivity index (χ0) is 23.8. The zero-order valence-electron chi connectivity index (χ0n) is 20.0. The lowest BCUT2D eigenvalue weighted by Crippen LogP contribution is -2.44. The van der Waals surface area contributed by atoms with E-state index in [9.17, 15) is 4.79 Å². The second kappa shape index (κ2) is 9.27. The van der Waals surface area contributed by atoms with Crippen molar-refractivity contribution >= 4 is 16.9 Å². The molecular weight excluding hydrogens is 432 g/mol. The Morgan fingerprint density at radius 2 is 1.63 bits per heavy atom. The quantitative estimate of drug-likeness (QED) is 0.348. The Morgan fingerprint density at radius 1 is 0.943 bits per heavy atom. The van der Waals surface area contributed by atoms with Gasteiger partial charge in [0.05, 0.1) is 5.52 Å². The van der Waals surface area contributed by atoms with Crippen LogP contribution in [0.25, 0.3) is 22.0 Å². The number of hydrogen-bond donors (Lipinski definition) is 1. The molecule has 2 aliphatic rings. The molecule has 176 valence electrons. The topological polar surface area (TPSA) is 51.2 Å². The van der Waals surface area contributed by atoms with Crippen molar-refractivity contribution in [1.82, 2.24) is 10.3 Å². The van der Waals surface area contributed by atoms with E-state index < -0.39 is 5.92 Å². The summed E-state index contributed by atoms with van der Waals surface area (Å²) < 4.78 is 6.52. The Hall–Kier alpha value is -3.50. The summed E-state index contributed by atoms with van der Waals surface area (Å²) in [4.78, 5) is 18.5. The molecule has 4 nitrogen and oxygen atoms in total. The monoisotopic (exact) mass is 462 g/mol. The van der Waals surface area contributed by atoms with Crippen LogP contribution >= 0.6 is 0 Å². The van der Waals surface area contributed by atoms with E-state index in [4.69, 9.17) is 4.74 Å². The van der Waals surface area contributed by atoms with Gasteiger partial charge in [-0.2, -0.15) is 0 Å². The second-order valence-electron chi connectivity index (χ2n) is 9.75. The lowest BCUT2D eigenvalue weighted by atomic mass is 9.87. The first kappa shape index (κ1) is 22.0. The maximum absolute atomic E-state index is 14.0. The van der Waals surface area contributed by atoms with Crippen LogP contribution in [0.15, 0.2) is 85.1 Å². The first-order valence-corrected chi connectivity index (χ1v) is 12.7. The average Bonchev–Trinajstić information content (AvgIpc) is 3.26. The van der Waals surface area contributed by atoms with Gasteiger partial charge in [-0.15, -0.1) is 0 Å². The van der Waals surface area contributed by atoms with Gasteiger partial charge in [0.15, 0.2) is 0 Å².